The minimum Gasteiger partial charge on any atom is -0.0597 e. The van der Waals surface area contributed by atoms with E-state index in [0.29, 0.717) is 0 Å². The van der Waals surface area contributed by atoms with Crippen LogP contribution in [0.25, 0.3) is 0 Å². The highest BCUT2D eigenvalue weighted by Gasteiger charge is 2.25. The van der Waals surface area contributed by atoms with Crippen LogP contribution in [0.4, 0.5) is 0 Å². The van der Waals surface area contributed by atoms with Gasteiger partial charge < -0.3 is 0 Å². The zero-order valence-electron chi connectivity index (χ0n) is 8.23. The molecule has 1 aliphatic heterocycles. The Bertz CT molecular complexity index is 105. The maximum atomic E-state index is 1.70. The number of hydrogen-bond acceptors (Lipinski definition) is 0. The van der Waals surface area contributed by atoms with Gasteiger partial charge in [-0.1, -0.05) is 63.5 Å². The third kappa shape index (κ3) is 2.12. The molecule has 1 heteroatoms. The fraction of sp³-hybridized carbons (Fsp3) is 1.00. The van der Waals surface area contributed by atoms with Crippen LogP contribution in [0.1, 0.15) is 51.4 Å². The summed E-state index contributed by atoms with van der Waals surface area (Å²) in [6.07, 6.45) is 12.6. The van der Waals surface area contributed by atoms with Crippen molar-refractivity contribution in [3.63, 3.8) is 0 Å². The molecular weight excluding hydrogens is 160 g/mol. The second-order valence-corrected chi connectivity index (χ2v) is 8.41. The molecule has 0 aromatic carbocycles. The molecule has 0 unspecified atom stereocenters. The first-order chi connectivity index (χ1) is 5.97. The van der Waals surface area contributed by atoms with Crippen LogP contribution in [-0.4, -0.2) is 8.80 Å². The van der Waals surface area contributed by atoms with Gasteiger partial charge in [-0.2, -0.15) is 0 Å². The minimum atomic E-state index is -0.208. The lowest BCUT2D eigenvalue weighted by molar-refractivity contribution is 0.489. The fourth-order valence-electron chi connectivity index (χ4n) is 3.21. The molecule has 0 spiro atoms. The van der Waals surface area contributed by atoms with Crippen molar-refractivity contribution in [2.24, 2.45) is 0 Å². The van der Waals surface area contributed by atoms with E-state index in [1.807, 2.05) is 0 Å². The van der Waals surface area contributed by atoms with Crippen LogP contribution in [0.5, 0.6) is 0 Å². The predicted octanol–water partition coefficient (Wildman–Crippen LogP) is 3.73. The molecule has 2 aliphatic rings. The standard InChI is InChI=1S/C11H22Si/c1-3-7-11(8-4-1)12-9-5-2-6-10-12/h11-12H,1-10H2. The van der Waals surface area contributed by atoms with E-state index in [2.05, 4.69) is 0 Å². The van der Waals surface area contributed by atoms with Crippen molar-refractivity contribution in [2.75, 3.05) is 0 Å². The van der Waals surface area contributed by atoms with Gasteiger partial charge in [0.05, 0.1) is 0 Å². The summed E-state index contributed by atoms with van der Waals surface area (Å²) in [5.74, 6) is 0. The topological polar surface area (TPSA) is 0 Å². The van der Waals surface area contributed by atoms with Crippen LogP contribution < -0.4 is 0 Å². The maximum absolute atomic E-state index is 1.70. The van der Waals surface area contributed by atoms with Gasteiger partial charge in [0.15, 0.2) is 0 Å². The van der Waals surface area contributed by atoms with Crippen molar-refractivity contribution >= 4 is 8.80 Å². The maximum Gasteiger partial charge on any atom is 0.0399 e. The molecule has 12 heavy (non-hydrogen) atoms. The summed E-state index contributed by atoms with van der Waals surface area (Å²) in [6, 6.07) is 3.40. The third-order valence-corrected chi connectivity index (χ3v) is 8.27. The summed E-state index contributed by atoms with van der Waals surface area (Å²) in [7, 11) is -0.208. The van der Waals surface area contributed by atoms with Gasteiger partial charge in [-0.15, -0.1) is 0 Å². The van der Waals surface area contributed by atoms with Crippen LogP contribution in [0.3, 0.4) is 0 Å². The Morgan fingerprint density at radius 1 is 0.667 bits per heavy atom. The molecule has 1 saturated heterocycles. The minimum absolute atomic E-state index is 0.208. The second-order valence-electron chi connectivity index (χ2n) is 4.80. The van der Waals surface area contributed by atoms with Gasteiger partial charge in [-0.3, -0.25) is 0 Å². The van der Waals surface area contributed by atoms with Gasteiger partial charge in [0.1, 0.15) is 0 Å². The van der Waals surface area contributed by atoms with E-state index in [1.54, 1.807) is 57.0 Å². The van der Waals surface area contributed by atoms with Crippen LogP contribution in [0, 0.1) is 0 Å². The van der Waals surface area contributed by atoms with Gasteiger partial charge in [-0.05, 0) is 5.54 Å². The predicted molar refractivity (Wildman–Crippen MR) is 57.4 cm³/mol. The van der Waals surface area contributed by atoms with Crippen LogP contribution >= 0.6 is 0 Å². The largest absolute Gasteiger partial charge is 0.0597 e. The molecule has 0 N–H and O–H groups in total. The molecular formula is C11H22Si. The summed E-state index contributed by atoms with van der Waals surface area (Å²) in [4.78, 5) is 0. The molecule has 0 nitrogen and oxygen atoms in total. The Kier molecular flexibility index (Phi) is 3.26. The van der Waals surface area contributed by atoms with E-state index < -0.39 is 0 Å². The molecule has 2 fully saturated rings. The van der Waals surface area contributed by atoms with E-state index in [4.69, 9.17) is 0 Å². The van der Waals surface area contributed by atoms with E-state index in [1.165, 1.54) is 12.0 Å². The molecule has 2 rings (SSSR count). The number of hydrogen-bond donors (Lipinski definition) is 0. The summed E-state index contributed by atoms with van der Waals surface area (Å²) in [5.41, 5.74) is 1.28. The molecule has 0 atom stereocenters. The molecule has 0 bridgehead atoms. The molecule has 0 radical (unpaired) electrons. The zero-order chi connectivity index (χ0) is 8.23. The Balaban J connectivity index is 1.80. The SMILES string of the molecule is C1CCC([SiH]2CCCCC2)CC1. The molecule has 1 heterocycles. The Morgan fingerprint density at radius 3 is 1.92 bits per heavy atom. The summed E-state index contributed by atoms with van der Waals surface area (Å²) in [6.45, 7) is 0. The van der Waals surface area contributed by atoms with Crippen molar-refractivity contribution in [3.05, 3.63) is 0 Å². The van der Waals surface area contributed by atoms with Gasteiger partial charge in [-0.25, -0.2) is 0 Å². The lowest BCUT2D eigenvalue weighted by Crippen LogP contribution is -2.24. The van der Waals surface area contributed by atoms with Gasteiger partial charge in [0.25, 0.3) is 0 Å². The monoisotopic (exact) mass is 182 g/mol. The average molecular weight is 182 g/mol. The highest BCUT2D eigenvalue weighted by atomic mass is 28.3. The Morgan fingerprint density at radius 2 is 1.25 bits per heavy atom. The lowest BCUT2D eigenvalue weighted by Gasteiger charge is -2.31. The average Bonchev–Trinajstić information content (AvgIpc) is 2.21. The van der Waals surface area contributed by atoms with Crippen LogP contribution in [0.2, 0.25) is 17.6 Å². The van der Waals surface area contributed by atoms with E-state index in [9.17, 15) is 0 Å². The fourth-order valence-corrected chi connectivity index (χ4v) is 7.48. The molecule has 1 aliphatic carbocycles. The summed E-state index contributed by atoms with van der Waals surface area (Å²) in [5, 5.41) is 0. The van der Waals surface area contributed by atoms with Gasteiger partial charge in [0, 0.05) is 8.80 Å². The van der Waals surface area contributed by atoms with Crippen molar-refractivity contribution in [3.8, 4) is 0 Å². The van der Waals surface area contributed by atoms with Crippen molar-refractivity contribution in [2.45, 2.75) is 69.0 Å². The molecule has 0 aromatic heterocycles. The lowest BCUT2D eigenvalue weighted by atomic mass is 10.0. The first kappa shape index (κ1) is 8.80. The second kappa shape index (κ2) is 4.45. The third-order valence-electron chi connectivity index (χ3n) is 3.97. The summed E-state index contributed by atoms with van der Waals surface area (Å²) >= 11 is 0. The van der Waals surface area contributed by atoms with Crippen LogP contribution in [-0.2, 0) is 0 Å². The highest BCUT2D eigenvalue weighted by molar-refractivity contribution is 6.60. The zero-order valence-corrected chi connectivity index (χ0v) is 9.38. The molecule has 70 valence electrons. The molecule has 0 amide bonds. The van der Waals surface area contributed by atoms with Crippen molar-refractivity contribution in [1.82, 2.24) is 0 Å². The van der Waals surface area contributed by atoms with E-state index >= 15 is 0 Å². The van der Waals surface area contributed by atoms with Crippen LogP contribution in [0.15, 0.2) is 0 Å². The highest BCUT2D eigenvalue weighted by Crippen LogP contribution is 2.37. The normalized spacial score (nSPS) is 29.0. The van der Waals surface area contributed by atoms with E-state index in [0.717, 1.165) is 0 Å². The smallest absolute Gasteiger partial charge is 0.0399 e. The van der Waals surface area contributed by atoms with Crippen molar-refractivity contribution < 1.29 is 0 Å². The van der Waals surface area contributed by atoms with Gasteiger partial charge in [0.2, 0.25) is 0 Å². The quantitative estimate of drug-likeness (QED) is 0.542. The first-order valence-corrected chi connectivity index (χ1v) is 8.27. The summed E-state index contributed by atoms with van der Waals surface area (Å²) < 4.78 is 0. The van der Waals surface area contributed by atoms with E-state index in [-0.39, 0.29) is 8.80 Å². The molecule has 0 aromatic rings. The molecule has 1 saturated carbocycles. The van der Waals surface area contributed by atoms with Crippen molar-refractivity contribution in [1.29, 1.82) is 0 Å². The number of rotatable bonds is 1. The van der Waals surface area contributed by atoms with Gasteiger partial charge >= 0.3 is 0 Å². The Hall–Kier alpha value is 0.217. The Labute approximate surface area is 78.4 Å². The first-order valence-electron chi connectivity index (χ1n) is 5.97.